The van der Waals surface area contributed by atoms with Crippen LogP contribution in [0, 0.1) is 5.41 Å². The summed E-state index contributed by atoms with van der Waals surface area (Å²) in [5.41, 5.74) is 5.89. The Labute approximate surface area is 97.1 Å². The van der Waals surface area contributed by atoms with Gasteiger partial charge in [0.2, 0.25) is 5.91 Å². The zero-order valence-corrected chi connectivity index (χ0v) is 10.1. The van der Waals surface area contributed by atoms with Crippen LogP contribution in [0.3, 0.4) is 0 Å². The summed E-state index contributed by atoms with van der Waals surface area (Å²) >= 11 is 0. The van der Waals surface area contributed by atoms with Crippen LogP contribution in [0.2, 0.25) is 0 Å². The van der Waals surface area contributed by atoms with Crippen molar-refractivity contribution in [1.82, 2.24) is 4.90 Å². The lowest BCUT2D eigenvalue weighted by Gasteiger charge is -2.45. The molecule has 2 saturated heterocycles. The van der Waals surface area contributed by atoms with Crippen LogP contribution in [-0.2, 0) is 9.53 Å². The molecule has 0 aromatic rings. The molecule has 2 aliphatic rings. The van der Waals surface area contributed by atoms with Crippen LogP contribution in [-0.4, -0.2) is 43.2 Å². The number of ether oxygens (including phenoxy) is 1. The molecule has 1 unspecified atom stereocenters. The molecule has 2 rings (SSSR count). The topological polar surface area (TPSA) is 55.6 Å². The predicted octanol–water partition coefficient (Wildman–Crippen LogP) is 0.753. The van der Waals surface area contributed by atoms with E-state index in [-0.39, 0.29) is 17.4 Å². The summed E-state index contributed by atoms with van der Waals surface area (Å²) in [6.45, 7) is 5.16. The molecule has 92 valence electrons. The van der Waals surface area contributed by atoms with Crippen molar-refractivity contribution >= 4 is 5.91 Å². The zero-order chi connectivity index (χ0) is 11.6. The first-order valence-corrected chi connectivity index (χ1v) is 6.25. The van der Waals surface area contributed by atoms with Crippen LogP contribution < -0.4 is 5.73 Å². The molecule has 4 heteroatoms. The Bertz CT molecular complexity index is 254. The fourth-order valence-electron chi connectivity index (χ4n) is 2.92. The smallest absolute Gasteiger partial charge is 0.239 e. The Morgan fingerprint density at radius 2 is 2.19 bits per heavy atom. The third-order valence-electron chi connectivity index (χ3n) is 3.77. The first kappa shape index (κ1) is 11.9. The van der Waals surface area contributed by atoms with E-state index >= 15 is 0 Å². The van der Waals surface area contributed by atoms with Crippen molar-refractivity contribution in [3.63, 3.8) is 0 Å². The molecule has 4 nitrogen and oxygen atoms in total. The van der Waals surface area contributed by atoms with Gasteiger partial charge >= 0.3 is 0 Å². The standard InChI is InChI=1S/C12H22N2O2/c1-10(13)11(15)14-6-2-4-12(8-14)5-3-7-16-9-12/h10H,2-9,13H2,1H3/t10-,12?/m1/s1. The SMILES string of the molecule is C[C@@H](N)C(=O)N1CCCC2(CCCOC2)C1. The maximum atomic E-state index is 11.9. The van der Waals surface area contributed by atoms with Gasteiger partial charge in [0.05, 0.1) is 12.6 Å². The number of carbonyl (C=O) groups excluding carboxylic acids is 1. The van der Waals surface area contributed by atoms with Crippen molar-refractivity contribution in [3.05, 3.63) is 0 Å². The van der Waals surface area contributed by atoms with Crippen LogP contribution in [0.15, 0.2) is 0 Å². The van der Waals surface area contributed by atoms with Gasteiger partial charge in [-0.3, -0.25) is 4.79 Å². The second kappa shape index (κ2) is 4.72. The van der Waals surface area contributed by atoms with Gasteiger partial charge in [-0.25, -0.2) is 0 Å². The monoisotopic (exact) mass is 226 g/mol. The van der Waals surface area contributed by atoms with Gasteiger partial charge in [-0.2, -0.15) is 0 Å². The molecule has 0 radical (unpaired) electrons. The van der Waals surface area contributed by atoms with Gasteiger partial charge in [0.1, 0.15) is 0 Å². The average molecular weight is 226 g/mol. The highest BCUT2D eigenvalue weighted by Crippen LogP contribution is 2.37. The highest BCUT2D eigenvalue weighted by Gasteiger charge is 2.39. The van der Waals surface area contributed by atoms with Gasteiger partial charge in [-0.05, 0) is 32.6 Å². The third kappa shape index (κ3) is 2.38. The summed E-state index contributed by atoms with van der Waals surface area (Å²) < 4.78 is 5.58. The van der Waals surface area contributed by atoms with E-state index in [1.165, 1.54) is 12.8 Å². The van der Waals surface area contributed by atoms with E-state index in [1.807, 2.05) is 4.90 Å². The lowest BCUT2D eigenvalue weighted by Crippen LogP contribution is -2.53. The number of rotatable bonds is 1. The molecule has 16 heavy (non-hydrogen) atoms. The highest BCUT2D eigenvalue weighted by atomic mass is 16.5. The van der Waals surface area contributed by atoms with Gasteiger partial charge in [-0.1, -0.05) is 0 Å². The van der Waals surface area contributed by atoms with Gasteiger partial charge < -0.3 is 15.4 Å². The summed E-state index contributed by atoms with van der Waals surface area (Å²) in [4.78, 5) is 13.8. The third-order valence-corrected chi connectivity index (χ3v) is 3.77. The molecule has 2 atom stereocenters. The fourth-order valence-corrected chi connectivity index (χ4v) is 2.92. The summed E-state index contributed by atoms with van der Waals surface area (Å²) in [5, 5.41) is 0. The van der Waals surface area contributed by atoms with Gasteiger partial charge in [-0.15, -0.1) is 0 Å². The molecule has 0 aromatic carbocycles. The molecule has 2 N–H and O–H groups in total. The van der Waals surface area contributed by atoms with E-state index in [0.29, 0.717) is 0 Å². The molecule has 0 bridgehead atoms. The number of carbonyl (C=O) groups is 1. The minimum Gasteiger partial charge on any atom is -0.381 e. The summed E-state index contributed by atoms with van der Waals surface area (Å²) in [6, 6.07) is -0.375. The minimum absolute atomic E-state index is 0.0876. The van der Waals surface area contributed by atoms with E-state index in [2.05, 4.69) is 0 Å². The molecule has 1 amide bonds. The number of nitrogens with two attached hydrogens (primary N) is 1. The predicted molar refractivity (Wildman–Crippen MR) is 61.9 cm³/mol. The Hall–Kier alpha value is -0.610. The van der Waals surface area contributed by atoms with E-state index in [9.17, 15) is 4.79 Å². The van der Waals surface area contributed by atoms with Crippen LogP contribution in [0.5, 0.6) is 0 Å². The van der Waals surface area contributed by atoms with Crippen LogP contribution in [0.1, 0.15) is 32.6 Å². The lowest BCUT2D eigenvalue weighted by atomic mass is 9.76. The maximum Gasteiger partial charge on any atom is 0.239 e. The van der Waals surface area contributed by atoms with Crippen molar-refractivity contribution in [2.75, 3.05) is 26.3 Å². The second-order valence-corrected chi connectivity index (χ2v) is 5.31. The largest absolute Gasteiger partial charge is 0.381 e. The Morgan fingerprint density at radius 1 is 1.44 bits per heavy atom. The number of amides is 1. The molecule has 1 spiro atoms. The van der Waals surface area contributed by atoms with Crippen LogP contribution in [0.25, 0.3) is 0 Å². The first-order chi connectivity index (χ1) is 7.63. The lowest BCUT2D eigenvalue weighted by molar-refractivity contribution is -0.138. The van der Waals surface area contributed by atoms with Crippen molar-refractivity contribution < 1.29 is 9.53 Å². The van der Waals surface area contributed by atoms with Gasteiger partial charge in [0.15, 0.2) is 0 Å². The zero-order valence-electron chi connectivity index (χ0n) is 10.1. The Morgan fingerprint density at radius 3 is 2.81 bits per heavy atom. The van der Waals surface area contributed by atoms with Crippen LogP contribution in [0.4, 0.5) is 0 Å². The molecular weight excluding hydrogens is 204 g/mol. The van der Waals surface area contributed by atoms with Crippen molar-refractivity contribution in [2.24, 2.45) is 11.1 Å². The van der Waals surface area contributed by atoms with Gasteiger partial charge in [0.25, 0.3) is 0 Å². The normalized spacial score (nSPS) is 32.8. The fraction of sp³-hybridized carbons (Fsp3) is 0.917. The molecule has 0 saturated carbocycles. The van der Waals surface area contributed by atoms with Crippen LogP contribution >= 0.6 is 0 Å². The molecule has 2 heterocycles. The van der Waals surface area contributed by atoms with E-state index in [1.54, 1.807) is 6.92 Å². The molecule has 2 fully saturated rings. The molecular formula is C12H22N2O2. The Balaban J connectivity index is 2.00. The molecule has 0 aromatic heterocycles. The van der Waals surface area contributed by atoms with Crippen molar-refractivity contribution in [2.45, 2.75) is 38.6 Å². The maximum absolute atomic E-state index is 11.9. The highest BCUT2D eigenvalue weighted by molar-refractivity contribution is 5.81. The van der Waals surface area contributed by atoms with Crippen molar-refractivity contribution in [1.29, 1.82) is 0 Å². The first-order valence-electron chi connectivity index (χ1n) is 6.25. The Kier molecular flexibility index (Phi) is 3.50. The number of hydrogen-bond acceptors (Lipinski definition) is 3. The van der Waals surface area contributed by atoms with Gasteiger partial charge in [0, 0.05) is 25.1 Å². The molecule has 2 aliphatic heterocycles. The number of hydrogen-bond donors (Lipinski definition) is 1. The van der Waals surface area contributed by atoms with E-state index < -0.39 is 0 Å². The quantitative estimate of drug-likeness (QED) is 0.718. The molecule has 0 aliphatic carbocycles. The summed E-state index contributed by atoms with van der Waals surface area (Å²) in [5.74, 6) is 0.0876. The van der Waals surface area contributed by atoms with Crippen molar-refractivity contribution in [3.8, 4) is 0 Å². The number of piperidine rings is 1. The second-order valence-electron chi connectivity index (χ2n) is 5.31. The summed E-state index contributed by atoms with van der Waals surface area (Å²) in [6.07, 6.45) is 4.59. The van der Waals surface area contributed by atoms with E-state index in [4.69, 9.17) is 10.5 Å². The number of nitrogens with zero attached hydrogens (tertiary/aromatic N) is 1. The minimum atomic E-state index is -0.375. The average Bonchev–Trinajstić information content (AvgIpc) is 2.29. The summed E-state index contributed by atoms with van der Waals surface area (Å²) in [7, 11) is 0. The van der Waals surface area contributed by atoms with E-state index in [0.717, 1.165) is 39.1 Å². The number of likely N-dealkylation sites (tertiary alicyclic amines) is 1.